The largest absolute Gasteiger partial charge is 0.299 e. The van der Waals surface area contributed by atoms with Gasteiger partial charge in [0, 0.05) is 6.54 Å². The molecule has 0 bridgehead atoms. The van der Waals surface area contributed by atoms with Crippen LogP contribution in [-0.2, 0) is 13.0 Å². The maximum atomic E-state index is 12.9. The molecule has 1 saturated heterocycles. The van der Waals surface area contributed by atoms with Crippen LogP contribution in [0.5, 0.6) is 0 Å². The lowest BCUT2D eigenvalue weighted by Crippen LogP contribution is -2.33. The first-order valence-electron chi connectivity index (χ1n) is 7.80. The first-order chi connectivity index (χ1) is 10.3. The van der Waals surface area contributed by atoms with Gasteiger partial charge in [0.1, 0.15) is 5.82 Å². The molecule has 2 heteroatoms. The molecule has 1 aliphatic rings. The third-order valence-electron chi connectivity index (χ3n) is 4.39. The maximum absolute atomic E-state index is 12.9. The van der Waals surface area contributed by atoms with Crippen LogP contribution in [-0.4, -0.2) is 18.0 Å². The highest BCUT2D eigenvalue weighted by atomic mass is 19.1. The van der Waals surface area contributed by atoms with Crippen molar-refractivity contribution in [1.29, 1.82) is 0 Å². The predicted molar refractivity (Wildman–Crippen MR) is 84.5 cm³/mol. The van der Waals surface area contributed by atoms with Gasteiger partial charge in [0.05, 0.1) is 0 Å². The normalized spacial score (nSPS) is 17.0. The number of nitrogens with zero attached hydrogens (tertiary/aromatic N) is 1. The lowest BCUT2D eigenvalue weighted by molar-refractivity contribution is 0.177. The molecule has 0 spiro atoms. The van der Waals surface area contributed by atoms with Crippen LogP contribution in [0.1, 0.15) is 24.0 Å². The third kappa shape index (κ3) is 4.15. The second-order valence-electron chi connectivity index (χ2n) is 6.04. The quantitative estimate of drug-likeness (QED) is 0.809. The van der Waals surface area contributed by atoms with Crippen LogP contribution in [0.2, 0.25) is 0 Å². The van der Waals surface area contributed by atoms with Crippen LogP contribution in [0.3, 0.4) is 0 Å². The molecule has 0 amide bonds. The van der Waals surface area contributed by atoms with E-state index in [2.05, 4.69) is 35.2 Å². The number of likely N-dealkylation sites (tertiary alicyclic amines) is 1. The highest BCUT2D eigenvalue weighted by Gasteiger charge is 2.19. The van der Waals surface area contributed by atoms with Crippen LogP contribution in [0.4, 0.5) is 4.39 Å². The monoisotopic (exact) mass is 283 g/mol. The molecule has 2 aromatic carbocycles. The molecule has 0 unspecified atom stereocenters. The van der Waals surface area contributed by atoms with E-state index in [9.17, 15) is 4.39 Å². The van der Waals surface area contributed by atoms with Crippen LogP contribution in [0.25, 0.3) is 0 Å². The van der Waals surface area contributed by atoms with Crippen molar-refractivity contribution in [3.05, 3.63) is 71.5 Å². The molecule has 0 N–H and O–H groups in total. The number of hydrogen-bond donors (Lipinski definition) is 0. The van der Waals surface area contributed by atoms with E-state index >= 15 is 0 Å². The summed E-state index contributed by atoms with van der Waals surface area (Å²) in [5, 5.41) is 0. The first-order valence-corrected chi connectivity index (χ1v) is 7.80. The van der Waals surface area contributed by atoms with Crippen molar-refractivity contribution < 1.29 is 4.39 Å². The first kappa shape index (κ1) is 14.3. The maximum Gasteiger partial charge on any atom is 0.123 e. The molecule has 1 nitrogen and oxygen atoms in total. The summed E-state index contributed by atoms with van der Waals surface area (Å²) >= 11 is 0. The van der Waals surface area contributed by atoms with E-state index in [4.69, 9.17) is 0 Å². The molecule has 110 valence electrons. The fraction of sp³-hybridized carbons (Fsp3) is 0.368. The SMILES string of the molecule is Fc1ccc(CC2CCN(Cc3ccccc3)CC2)cc1. The predicted octanol–water partition coefficient (Wildman–Crippen LogP) is 4.28. The molecule has 21 heavy (non-hydrogen) atoms. The van der Waals surface area contributed by atoms with E-state index < -0.39 is 0 Å². The van der Waals surface area contributed by atoms with E-state index in [-0.39, 0.29) is 5.82 Å². The summed E-state index contributed by atoms with van der Waals surface area (Å²) in [5.74, 6) is 0.596. The molecule has 1 fully saturated rings. The lowest BCUT2D eigenvalue weighted by atomic mass is 9.90. The Morgan fingerprint density at radius 1 is 0.857 bits per heavy atom. The van der Waals surface area contributed by atoms with Crippen LogP contribution in [0, 0.1) is 11.7 Å². The fourth-order valence-electron chi connectivity index (χ4n) is 3.14. The van der Waals surface area contributed by atoms with Crippen molar-refractivity contribution in [2.45, 2.75) is 25.8 Å². The number of halogens is 1. The standard InChI is InChI=1S/C19H22FN/c20-19-8-6-16(7-9-19)14-17-10-12-21(13-11-17)15-18-4-2-1-3-5-18/h1-9,17H,10-15H2. The van der Waals surface area contributed by atoms with Crippen LogP contribution < -0.4 is 0 Å². The van der Waals surface area contributed by atoms with Gasteiger partial charge in [-0.25, -0.2) is 4.39 Å². The third-order valence-corrected chi connectivity index (χ3v) is 4.39. The van der Waals surface area contributed by atoms with Gasteiger partial charge < -0.3 is 0 Å². The van der Waals surface area contributed by atoms with Gasteiger partial charge in [-0.2, -0.15) is 0 Å². The summed E-state index contributed by atoms with van der Waals surface area (Å²) in [6.45, 7) is 3.39. The Kier molecular flexibility index (Phi) is 4.66. The van der Waals surface area contributed by atoms with Crippen LogP contribution >= 0.6 is 0 Å². The Labute approximate surface area is 126 Å². The molecule has 0 atom stereocenters. The summed E-state index contributed by atoms with van der Waals surface area (Å²) in [6.07, 6.45) is 3.56. The zero-order valence-corrected chi connectivity index (χ0v) is 12.3. The van der Waals surface area contributed by atoms with E-state index in [1.54, 1.807) is 12.1 Å². The van der Waals surface area contributed by atoms with Gasteiger partial charge in [0.15, 0.2) is 0 Å². The molecule has 0 aliphatic carbocycles. The number of hydrogen-bond acceptors (Lipinski definition) is 1. The van der Waals surface area contributed by atoms with Gasteiger partial charge >= 0.3 is 0 Å². The molecule has 0 aromatic heterocycles. The Morgan fingerprint density at radius 3 is 2.19 bits per heavy atom. The molecular weight excluding hydrogens is 261 g/mol. The van der Waals surface area contributed by atoms with Crippen molar-refractivity contribution >= 4 is 0 Å². The van der Waals surface area contributed by atoms with Crippen molar-refractivity contribution in [3.8, 4) is 0 Å². The minimum atomic E-state index is -0.142. The summed E-state index contributed by atoms with van der Waals surface area (Å²) in [7, 11) is 0. The van der Waals surface area contributed by atoms with Crippen molar-refractivity contribution in [3.63, 3.8) is 0 Å². The zero-order chi connectivity index (χ0) is 14.5. The molecule has 2 aromatic rings. The Balaban J connectivity index is 1.47. The summed E-state index contributed by atoms with van der Waals surface area (Å²) in [6, 6.07) is 17.7. The molecule has 3 rings (SSSR count). The summed E-state index contributed by atoms with van der Waals surface area (Å²) in [4.78, 5) is 2.54. The number of benzene rings is 2. The highest BCUT2D eigenvalue weighted by molar-refractivity contribution is 5.17. The second kappa shape index (κ2) is 6.86. The average molecular weight is 283 g/mol. The Bertz CT molecular complexity index is 542. The van der Waals surface area contributed by atoms with Crippen molar-refractivity contribution in [2.75, 3.05) is 13.1 Å². The van der Waals surface area contributed by atoms with E-state index in [1.807, 2.05) is 12.1 Å². The van der Waals surface area contributed by atoms with Gasteiger partial charge in [-0.1, -0.05) is 42.5 Å². The molecule has 1 aliphatic heterocycles. The van der Waals surface area contributed by atoms with E-state index in [0.29, 0.717) is 0 Å². The Hall–Kier alpha value is -1.67. The average Bonchev–Trinajstić information content (AvgIpc) is 2.53. The van der Waals surface area contributed by atoms with E-state index in [1.165, 1.54) is 37.1 Å². The Morgan fingerprint density at radius 2 is 1.52 bits per heavy atom. The molecular formula is C19H22FN. The van der Waals surface area contributed by atoms with Gasteiger partial charge in [-0.15, -0.1) is 0 Å². The lowest BCUT2D eigenvalue weighted by Gasteiger charge is -2.32. The topological polar surface area (TPSA) is 3.24 Å². The van der Waals surface area contributed by atoms with Crippen molar-refractivity contribution in [1.82, 2.24) is 4.90 Å². The number of rotatable bonds is 4. The summed E-state index contributed by atoms with van der Waals surface area (Å²) in [5.41, 5.74) is 2.66. The minimum Gasteiger partial charge on any atom is -0.299 e. The highest BCUT2D eigenvalue weighted by Crippen LogP contribution is 2.23. The molecule has 0 saturated carbocycles. The van der Waals surface area contributed by atoms with Crippen molar-refractivity contribution in [2.24, 2.45) is 5.92 Å². The molecule has 0 radical (unpaired) electrons. The zero-order valence-electron chi connectivity index (χ0n) is 12.3. The van der Waals surface area contributed by atoms with Gasteiger partial charge in [-0.3, -0.25) is 4.90 Å². The van der Waals surface area contributed by atoms with Gasteiger partial charge in [0.2, 0.25) is 0 Å². The smallest absolute Gasteiger partial charge is 0.123 e. The molecule has 1 heterocycles. The van der Waals surface area contributed by atoms with Crippen LogP contribution in [0.15, 0.2) is 54.6 Å². The second-order valence-corrected chi connectivity index (χ2v) is 6.04. The number of piperidine rings is 1. The van der Waals surface area contributed by atoms with Gasteiger partial charge in [-0.05, 0) is 61.5 Å². The summed E-state index contributed by atoms with van der Waals surface area (Å²) < 4.78 is 12.9. The fourth-order valence-corrected chi connectivity index (χ4v) is 3.14. The minimum absolute atomic E-state index is 0.142. The van der Waals surface area contributed by atoms with E-state index in [0.717, 1.165) is 18.9 Å². The van der Waals surface area contributed by atoms with Gasteiger partial charge in [0.25, 0.3) is 0 Å².